The summed E-state index contributed by atoms with van der Waals surface area (Å²) in [6.07, 6.45) is 8.00. The minimum Gasteiger partial charge on any atom is -0.497 e. The lowest BCUT2D eigenvalue weighted by Gasteiger charge is -2.06. The molecular weight excluding hydrogens is 276 g/mol. The molecule has 0 N–H and O–H groups in total. The van der Waals surface area contributed by atoms with Crippen molar-refractivity contribution in [3.63, 3.8) is 0 Å². The number of benzene rings is 2. The second kappa shape index (κ2) is 7.93. The van der Waals surface area contributed by atoms with E-state index in [4.69, 9.17) is 14.2 Å². The highest BCUT2D eigenvalue weighted by molar-refractivity contribution is 5.62. The van der Waals surface area contributed by atoms with Crippen LogP contribution in [0.25, 0.3) is 12.2 Å². The molecule has 22 heavy (non-hydrogen) atoms. The molecule has 2 rings (SSSR count). The number of rotatable bonds is 6. The number of ether oxygens (including phenoxy) is 3. The van der Waals surface area contributed by atoms with Crippen LogP contribution in [0.1, 0.15) is 11.1 Å². The van der Waals surface area contributed by atoms with Crippen LogP contribution in [0.15, 0.2) is 54.6 Å². The van der Waals surface area contributed by atoms with Crippen molar-refractivity contribution in [2.45, 2.75) is 0 Å². The second-order valence-corrected chi connectivity index (χ2v) is 4.60. The molecule has 2 aromatic carbocycles. The first-order chi connectivity index (χ1) is 10.8. The summed E-state index contributed by atoms with van der Waals surface area (Å²) in [6.45, 7) is 0. The van der Waals surface area contributed by atoms with Gasteiger partial charge in [0.05, 0.1) is 21.3 Å². The van der Waals surface area contributed by atoms with Crippen molar-refractivity contribution in [1.29, 1.82) is 0 Å². The Morgan fingerprint density at radius 3 is 1.95 bits per heavy atom. The molecule has 0 bridgehead atoms. The summed E-state index contributed by atoms with van der Waals surface area (Å²) in [4.78, 5) is 0. The molecule has 3 heteroatoms. The third-order valence-corrected chi connectivity index (χ3v) is 3.23. The highest BCUT2D eigenvalue weighted by atomic mass is 16.5. The van der Waals surface area contributed by atoms with Crippen molar-refractivity contribution in [3.8, 4) is 17.2 Å². The van der Waals surface area contributed by atoms with E-state index in [9.17, 15) is 0 Å². The topological polar surface area (TPSA) is 27.7 Å². The van der Waals surface area contributed by atoms with Crippen molar-refractivity contribution < 1.29 is 14.2 Å². The average Bonchev–Trinajstić information content (AvgIpc) is 2.59. The van der Waals surface area contributed by atoms with E-state index in [1.54, 1.807) is 21.3 Å². The maximum Gasteiger partial charge on any atom is 0.129 e. The summed E-state index contributed by atoms with van der Waals surface area (Å²) < 4.78 is 15.7. The molecule has 0 amide bonds. The highest BCUT2D eigenvalue weighted by Gasteiger charge is 2.01. The molecule has 114 valence electrons. The lowest BCUT2D eigenvalue weighted by Crippen LogP contribution is -1.89. The summed E-state index contributed by atoms with van der Waals surface area (Å²) in [5.74, 6) is 2.42. The molecule has 0 aliphatic rings. The zero-order valence-electron chi connectivity index (χ0n) is 13.1. The van der Waals surface area contributed by atoms with Gasteiger partial charge in [0.2, 0.25) is 0 Å². The van der Waals surface area contributed by atoms with Gasteiger partial charge in [0.25, 0.3) is 0 Å². The van der Waals surface area contributed by atoms with Crippen LogP contribution >= 0.6 is 0 Å². The first kappa shape index (κ1) is 15.7. The predicted octanol–water partition coefficient (Wildman–Crippen LogP) is 4.44. The number of hydrogen-bond acceptors (Lipinski definition) is 3. The summed E-state index contributed by atoms with van der Waals surface area (Å²) >= 11 is 0. The van der Waals surface area contributed by atoms with Crippen LogP contribution in [-0.2, 0) is 0 Å². The van der Waals surface area contributed by atoms with Gasteiger partial charge < -0.3 is 14.2 Å². The molecule has 0 heterocycles. The Labute approximate surface area is 131 Å². The number of allylic oxidation sites excluding steroid dienone is 2. The summed E-state index contributed by atoms with van der Waals surface area (Å²) in [5, 5.41) is 0. The summed E-state index contributed by atoms with van der Waals surface area (Å²) in [7, 11) is 4.96. The number of methoxy groups -OCH3 is 3. The van der Waals surface area contributed by atoms with Crippen molar-refractivity contribution in [3.05, 3.63) is 65.7 Å². The Kier molecular flexibility index (Phi) is 5.66. The quantitative estimate of drug-likeness (QED) is 0.738. The van der Waals surface area contributed by atoms with E-state index >= 15 is 0 Å². The molecule has 0 fully saturated rings. The molecule has 0 spiro atoms. The highest BCUT2D eigenvalue weighted by Crippen LogP contribution is 2.25. The minimum atomic E-state index is 0.780. The van der Waals surface area contributed by atoms with Gasteiger partial charge in [-0.25, -0.2) is 0 Å². The monoisotopic (exact) mass is 296 g/mol. The summed E-state index contributed by atoms with van der Waals surface area (Å²) in [5.41, 5.74) is 2.12. The van der Waals surface area contributed by atoms with Gasteiger partial charge in [0.1, 0.15) is 17.2 Å². The van der Waals surface area contributed by atoms with Crippen LogP contribution < -0.4 is 14.2 Å². The Morgan fingerprint density at radius 2 is 1.32 bits per heavy atom. The van der Waals surface area contributed by atoms with Gasteiger partial charge in [-0.3, -0.25) is 0 Å². The van der Waals surface area contributed by atoms with Crippen LogP contribution in [0.5, 0.6) is 17.2 Å². The maximum absolute atomic E-state index is 5.36. The van der Waals surface area contributed by atoms with Crippen LogP contribution in [0, 0.1) is 0 Å². The summed E-state index contributed by atoms with van der Waals surface area (Å²) in [6, 6.07) is 13.7. The Bertz CT molecular complexity index is 655. The van der Waals surface area contributed by atoms with Crippen molar-refractivity contribution in [2.24, 2.45) is 0 Å². The fraction of sp³-hybridized carbons (Fsp3) is 0.158. The number of hydrogen-bond donors (Lipinski definition) is 0. The van der Waals surface area contributed by atoms with E-state index < -0.39 is 0 Å². The zero-order chi connectivity index (χ0) is 15.8. The van der Waals surface area contributed by atoms with E-state index in [-0.39, 0.29) is 0 Å². The van der Waals surface area contributed by atoms with E-state index in [0.29, 0.717) is 0 Å². The van der Waals surface area contributed by atoms with Crippen molar-refractivity contribution >= 4 is 12.2 Å². The third-order valence-electron chi connectivity index (χ3n) is 3.23. The zero-order valence-corrected chi connectivity index (χ0v) is 13.1. The molecule has 2 aromatic rings. The van der Waals surface area contributed by atoms with Crippen LogP contribution in [0.4, 0.5) is 0 Å². The lowest BCUT2D eigenvalue weighted by molar-refractivity contribution is 0.394. The van der Waals surface area contributed by atoms with Crippen LogP contribution in [0.3, 0.4) is 0 Å². The van der Waals surface area contributed by atoms with E-state index in [2.05, 4.69) is 0 Å². The van der Waals surface area contributed by atoms with E-state index in [0.717, 1.165) is 28.4 Å². The van der Waals surface area contributed by atoms with Gasteiger partial charge in [-0.05, 0) is 29.8 Å². The molecule has 0 atom stereocenters. The normalized spacial score (nSPS) is 11.0. The first-order valence-electron chi connectivity index (χ1n) is 6.97. The third kappa shape index (κ3) is 4.16. The molecule has 0 saturated heterocycles. The smallest absolute Gasteiger partial charge is 0.129 e. The SMILES string of the molecule is COc1ccc(/C=C/C=C/c2ccc(OC)cc2OC)cc1. The molecule has 0 saturated carbocycles. The molecule has 0 unspecified atom stereocenters. The minimum absolute atomic E-state index is 0.780. The van der Waals surface area contributed by atoms with Gasteiger partial charge >= 0.3 is 0 Å². The van der Waals surface area contributed by atoms with E-state index in [1.807, 2.05) is 66.8 Å². The van der Waals surface area contributed by atoms with Gasteiger partial charge in [-0.1, -0.05) is 36.4 Å². The lowest BCUT2D eigenvalue weighted by atomic mass is 10.1. The maximum atomic E-state index is 5.36. The molecule has 0 aromatic heterocycles. The standard InChI is InChI=1S/C19H20O3/c1-20-17-11-8-15(9-12-17)6-4-5-7-16-10-13-18(21-2)14-19(16)22-3/h4-14H,1-3H3/b6-4+,7-5+. The van der Waals surface area contributed by atoms with Crippen LogP contribution in [-0.4, -0.2) is 21.3 Å². The fourth-order valence-electron chi connectivity index (χ4n) is 2.00. The van der Waals surface area contributed by atoms with Crippen LogP contribution in [0.2, 0.25) is 0 Å². The Hall–Kier alpha value is -2.68. The molecule has 0 radical (unpaired) electrons. The molecule has 0 aliphatic carbocycles. The Balaban J connectivity index is 2.06. The van der Waals surface area contributed by atoms with E-state index in [1.165, 1.54) is 0 Å². The Morgan fingerprint density at radius 1 is 0.682 bits per heavy atom. The predicted molar refractivity (Wildman–Crippen MR) is 90.6 cm³/mol. The van der Waals surface area contributed by atoms with Crippen molar-refractivity contribution in [2.75, 3.05) is 21.3 Å². The molecular formula is C19H20O3. The van der Waals surface area contributed by atoms with Gasteiger partial charge in [-0.2, -0.15) is 0 Å². The van der Waals surface area contributed by atoms with Gasteiger partial charge in [0, 0.05) is 11.6 Å². The van der Waals surface area contributed by atoms with Crippen molar-refractivity contribution in [1.82, 2.24) is 0 Å². The first-order valence-corrected chi connectivity index (χ1v) is 6.97. The average molecular weight is 296 g/mol. The largest absolute Gasteiger partial charge is 0.497 e. The van der Waals surface area contributed by atoms with Gasteiger partial charge in [-0.15, -0.1) is 0 Å². The molecule has 0 aliphatic heterocycles. The second-order valence-electron chi connectivity index (χ2n) is 4.60. The molecule has 3 nitrogen and oxygen atoms in total. The van der Waals surface area contributed by atoms with Gasteiger partial charge in [0.15, 0.2) is 0 Å². The fourth-order valence-corrected chi connectivity index (χ4v) is 2.00.